The Kier molecular flexibility index (Phi) is 6.57. The van der Waals surface area contributed by atoms with E-state index in [-0.39, 0.29) is 25.2 Å². The molecule has 0 amide bonds. The van der Waals surface area contributed by atoms with E-state index in [1.54, 1.807) is 49.6 Å². The second-order valence-corrected chi connectivity index (χ2v) is 6.03. The Morgan fingerprint density at radius 3 is 2.48 bits per heavy atom. The first kappa shape index (κ1) is 20.1. The van der Waals surface area contributed by atoms with Crippen LogP contribution in [0.4, 0.5) is 0 Å². The van der Waals surface area contributed by atoms with Gasteiger partial charge in [0.05, 0.1) is 20.6 Å². The Labute approximate surface area is 167 Å². The Hall–Kier alpha value is -3.68. The average molecular weight is 396 g/mol. The number of Topliss-reactive ketones (excluding diaryl/α,β-unsaturated/α-hetero) is 1. The molecule has 0 aliphatic rings. The maximum absolute atomic E-state index is 11.9. The summed E-state index contributed by atoms with van der Waals surface area (Å²) in [7, 11) is 3.09. The van der Waals surface area contributed by atoms with Crippen LogP contribution in [0, 0.1) is 0 Å². The van der Waals surface area contributed by atoms with Gasteiger partial charge >= 0.3 is 5.97 Å². The van der Waals surface area contributed by atoms with Gasteiger partial charge in [0, 0.05) is 17.5 Å². The first-order valence-electron chi connectivity index (χ1n) is 8.89. The number of ether oxygens (including phenoxy) is 3. The average Bonchev–Trinajstić information content (AvgIpc) is 3.25. The van der Waals surface area contributed by atoms with Gasteiger partial charge in [-0.3, -0.25) is 9.59 Å². The maximum atomic E-state index is 11.9. The molecule has 2 aromatic carbocycles. The molecule has 8 nitrogen and oxygen atoms in total. The molecule has 1 heterocycles. The van der Waals surface area contributed by atoms with E-state index >= 15 is 0 Å². The highest BCUT2D eigenvalue weighted by Crippen LogP contribution is 2.31. The van der Waals surface area contributed by atoms with Crippen LogP contribution in [0.25, 0.3) is 11.4 Å². The van der Waals surface area contributed by atoms with Crippen molar-refractivity contribution in [3.63, 3.8) is 0 Å². The zero-order valence-corrected chi connectivity index (χ0v) is 16.1. The van der Waals surface area contributed by atoms with Crippen molar-refractivity contribution in [3.8, 4) is 22.9 Å². The highest BCUT2D eigenvalue weighted by molar-refractivity contribution is 5.97. The summed E-state index contributed by atoms with van der Waals surface area (Å²) in [5.41, 5.74) is 1.19. The van der Waals surface area contributed by atoms with E-state index < -0.39 is 5.97 Å². The summed E-state index contributed by atoms with van der Waals surface area (Å²) in [4.78, 5) is 28.1. The zero-order chi connectivity index (χ0) is 20.6. The number of methoxy groups -OCH3 is 2. The van der Waals surface area contributed by atoms with Crippen molar-refractivity contribution < 1.29 is 28.3 Å². The summed E-state index contributed by atoms with van der Waals surface area (Å²) in [5.74, 6) is 1.03. The standard InChI is InChI=1S/C21H20N2O6/c1-26-17-9-8-15(12-18(17)27-2)21-22-19(29-23-21)10-11-20(25)28-13-16(24)14-6-4-3-5-7-14/h3-9,12H,10-11,13H2,1-2H3. The molecule has 8 heteroatoms. The highest BCUT2D eigenvalue weighted by Gasteiger charge is 2.15. The molecule has 0 aliphatic heterocycles. The normalized spacial score (nSPS) is 10.4. The number of benzene rings is 2. The molecule has 0 saturated heterocycles. The Bertz CT molecular complexity index is 984. The lowest BCUT2D eigenvalue weighted by molar-refractivity contribution is -0.142. The van der Waals surface area contributed by atoms with Crippen molar-refractivity contribution in [1.82, 2.24) is 10.1 Å². The van der Waals surface area contributed by atoms with Crippen LogP contribution in [0.15, 0.2) is 53.1 Å². The minimum absolute atomic E-state index is 0.0234. The second kappa shape index (κ2) is 9.50. The molecular weight excluding hydrogens is 376 g/mol. The van der Waals surface area contributed by atoms with Gasteiger partial charge in [-0.15, -0.1) is 0 Å². The lowest BCUT2D eigenvalue weighted by Crippen LogP contribution is -2.14. The predicted molar refractivity (Wildman–Crippen MR) is 103 cm³/mol. The van der Waals surface area contributed by atoms with Crippen LogP contribution >= 0.6 is 0 Å². The summed E-state index contributed by atoms with van der Waals surface area (Å²) in [6.07, 6.45) is 0.230. The fourth-order valence-electron chi connectivity index (χ4n) is 2.58. The number of esters is 1. The number of carbonyl (C=O) groups is 2. The van der Waals surface area contributed by atoms with Crippen LogP contribution in [0.3, 0.4) is 0 Å². The Morgan fingerprint density at radius 1 is 1.00 bits per heavy atom. The molecule has 0 spiro atoms. The number of rotatable bonds is 9. The fourth-order valence-corrected chi connectivity index (χ4v) is 2.58. The Balaban J connectivity index is 1.52. The molecular formula is C21H20N2O6. The molecule has 0 atom stereocenters. The minimum atomic E-state index is -0.514. The van der Waals surface area contributed by atoms with Gasteiger partial charge in [0.25, 0.3) is 0 Å². The SMILES string of the molecule is COc1ccc(-c2noc(CCC(=O)OCC(=O)c3ccccc3)n2)cc1OC. The van der Waals surface area contributed by atoms with Gasteiger partial charge in [-0.05, 0) is 18.2 Å². The lowest BCUT2D eigenvalue weighted by atomic mass is 10.1. The third-order valence-corrected chi connectivity index (χ3v) is 4.11. The minimum Gasteiger partial charge on any atom is -0.493 e. The number of nitrogens with zero attached hydrogens (tertiary/aromatic N) is 2. The fraction of sp³-hybridized carbons (Fsp3) is 0.238. The number of aromatic nitrogens is 2. The zero-order valence-electron chi connectivity index (χ0n) is 16.1. The van der Waals surface area contributed by atoms with Crippen LogP contribution < -0.4 is 9.47 Å². The molecule has 0 saturated carbocycles. The first-order valence-corrected chi connectivity index (χ1v) is 8.89. The van der Waals surface area contributed by atoms with Gasteiger partial charge in [-0.25, -0.2) is 0 Å². The molecule has 0 N–H and O–H groups in total. The van der Waals surface area contributed by atoms with E-state index in [0.29, 0.717) is 34.3 Å². The molecule has 0 bridgehead atoms. The Morgan fingerprint density at radius 2 is 1.76 bits per heavy atom. The van der Waals surface area contributed by atoms with E-state index in [1.807, 2.05) is 6.07 Å². The van der Waals surface area contributed by atoms with Crippen molar-refractivity contribution in [1.29, 1.82) is 0 Å². The second-order valence-electron chi connectivity index (χ2n) is 6.03. The van der Waals surface area contributed by atoms with E-state index in [0.717, 1.165) is 0 Å². The van der Waals surface area contributed by atoms with Crippen LogP contribution in [-0.2, 0) is 16.0 Å². The maximum Gasteiger partial charge on any atom is 0.306 e. The van der Waals surface area contributed by atoms with Gasteiger partial charge in [0.1, 0.15) is 0 Å². The summed E-state index contributed by atoms with van der Waals surface area (Å²) < 4.78 is 20.7. The van der Waals surface area contributed by atoms with Crippen LogP contribution in [-0.4, -0.2) is 42.7 Å². The van der Waals surface area contributed by atoms with Crippen molar-refractivity contribution in [3.05, 3.63) is 60.0 Å². The number of hydrogen-bond donors (Lipinski definition) is 0. The molecule has 0 unspecified atom stereocenters. The molecule has 3 aromatic rings. The third kappa shape index (κ3) is 5.19. The van der Waals surface area contributed by atoms with Crippen molar-refractivity contribution >= 4 is 11.8 Å². The van der Waals surface area contributed by atoms with Crippen LogP contribution in [0.2, 0.25) is 0 Å². The molecule has 0 radical (unpaired) electrons. The molecule has 0 fully saturated rings. The van der Waals surface area contributed by atoms with Crippen molar-refractivity contribution in [2.75, 3.05) is 20.8 Å². The molecule has 29 heavy (non-hydrogen) atoms. The monoisotopic (exact) mass is 396 g/mol. The summed E-state index contributed by atoms with van der Waals surface area (Å²) in [5, 5.41) is 3.92. The number of carbonyl (C=O) groups excluding carboxylic acids is 2. The summed E-state index contributed by atoms with van der Waals surface area (Å²) >= 11 is 0. The van der Waals surface area contributed by atoms with E-state index in [2.05, 4.69) is 10.1 Å². The summed E-state index contributed by atoms with van der Waals surface area (Å²) in [6.45, 7) is -0.302. The molecule has 0 aliphatic carbocycles. The van der Waals surface area contributed by atoms with Gasteiger partial charge in [-0.1, -0.05) is 35.5 Å². The first-order chi connectivity index (χ1) is 14.1. The number of aryl methyl sites for hydroxylation is 1. The molecule has 150 valence electrons. The topological polar surface area (TPSA) is 101 Å². The molecule has 3 rings (SSSR count). The number of ketones is 1. The summed E-state index contributed by atoms with van der Waals surface area (Å²) in [6, 6.07) is 13.9. The predicted octanol–water partition coefficient (Wildman–Crippen LogP) is 3.11. The smallest absolute Gasteiger partial charge is 0.306 e. The quantitative estimate of drug-likeness (QED) is 0.402. The van der Waals surface area contributed by atoms with Gasteiger partial charge < -0.3 is 18.7 Å². The van der Waals surface area contributed by atoms with Crippen molar-refractivity contribution in [2.45, 2.75) is 12.8 Å². The van der Waals surface area contributed by atoms with Crippen LogP contribution in [0.5, 0.6) is 11.5 Å². The van der Waals surface area contributed by atoms with Gasteiger partial charge in [-0.2, -0.15) is 4.98 Å². The van der Waals surface area contributed by atoms with Gasteiger partial charge in [0.15, 0.2) is 23.9 Å². The largest absolute Gasteiger partial charge is 0.493 e. The van der Waals surface area contributed by atoms with Crippen LogP contribution in [0.1, 0.15) is 22.7 Å². The van der Waals surface area contributed by atoms with Gasteiger partial charge in [0.2, 0.25) is 11.7 Å². The van der Waals surface area contributed by atoms with E-state index in [1.165, 1.54) is 7.11 Å². The van der Waals surface area contributed by atoms with Crippen molar-refractivity contribution in [2.24, 2.45) is 0 Å². The molecule has 1 aromatic heterocycles. The third-order valence-electron chi connectivity index (χ3n) is 4.11. The van der Waals surface area contributed by atoms with E-state index in [9.17, 15) is 9.59 Å². The van der Waals surface area contributed by atoms with E-state index in [4.69, 9.17) is 18.7 Å². The highest BCUT2D eigenvalue weighted by atomic mass is 16.5. The lowest BCUT2D eigenvalue weighted by Gasteiger charge is -2.07. The number of hydrogen-bond acceptors (Lipinski definition) is 8.